The number of phenolic OH excluding ortho intramolecular Hbond substituents is 1. The first kappa shape index (κ1) is 24.3. The van der Waals surface area contributed by atoms with Gasteiger partial charge in [-0.1, -0.05) is 56.6 Å². The Hall–Kier alpha value is -3.31. The molecule has 0 aliphatic carbocycles. The van der Waals surface area contributed by atoms with Gasteiger partial charge in [0.1, 0.15) is 23.9 Å². The van der Waals surface area contributed by atoms with Gasteiger partial charge in [-0.15, -0.1) is 0 Å². The van der Waals surface area contributed by atoms with Crippen LogP contribution in [0.25, 0.3) is 11.1 Å². The highest BCUT2D eigenvalue weighted by Crippen LogP contribution is 2.34. The Kier molecular flexibility index (Phi) is 7.44. The van der Waals surface area contributed by atoms with Crippen molar-refractivity contribution in [1.82, 2.24) is 0 Å². The Balaban J connectivity index is 1.77. The molecule has 0 aliphatic rings. The highest BCUT2D eigenvalue weighted by atomic mass is 35.5. The lowest BCUT2D eigenvalue weighted by Crippen LogP contribution is -2.13. The van der Waals surface area contributed by atoms with Crippen LogP contribution in [-0.2, 0) is 11.4 Å². The van der Waals surface area contributed by atoms with Crippen molar-refractivity contribution >= 4 is 23.9 Å². The zero-order chi connectivity index (χ0) is 24.2. The fourth-order valence-electron chi connectivity index (χ4n) is 3.47. The molecule has 0 saturated carbocycles. The Bertz CT molecular complexity index is 1180. The van der Waals surface area contributed by atoms with Crippen molar-refractivity contribution in [3.8, 4) is 28.4 Å². The maximum absolute atomic E-state index is 12.5. The summed E-state index contributed by atoms with van der Waals surface area (Å²) in [4.78, 5) is 23.2. The number of hydrogen-bond donors (Lipinski definition) is 1. The predicted octanol–water partition coefficient (Wildman–Crippen LogP) is 6.75. The van der Waals surface area contributed by atoms with E-state index in [9.17, 15) is 14.7 Å². The van der Waals surface area contributed by atoms with E-state index in [1.807, 2.05) is 51.1 Å². The average Bonchev–Trinajstić information content (AvgIpc) is 2.75. The number of halogens is 1. The third-order valence-electron chi connectivity index (χ3n) is 5.13. The van der Waals surface area contributed by atoms with Gasteiger partial charge in [0.15, 0.2) is 5.78 Å². The summed E-state index contributed by atoms with van der Waals surface area (Å²) in [5, 5.41) is 10.9. The summed E-state index contributed by atoms with van der Waals surface area (Å²) >= 11 is 6.06. The summed E-state index contributed by atoms with van der Waals surface area (Å²) in [6, 6.07) is 16.3. The molecule has 3 aromatic carbocycles. The van der Waals surface area contributed by atoms with Crippen LogP contribution in [0.2, 0.25) is 5.02 Å². The first-order valence-electron chi connectivity index (χ1n) is 10.6. The van der Waals surface area contributed by atoms with Crippen molar-refractivity contribution in [3.63, 3.8) is 0 Å². The van der Waals surface area contributed by atoms with Gasteiger partial charge in [0.25, 0.3) is 6.47 Å². The fraction of sp³-hybridized carbons (Fsp3) is 0.259. The van der Waals surface area contributed by atoms with Crippen molar-refractivity contribution in [2.45, 2.75) is 40.7 Å². The normalized spacial score (nSPS) is 11.2. The van der Waals surface area contributed by atoms with Crippen LogP contribution in [0.5, 0.6) is 17.2 Å². The third-order valence-corrected chi connectivity index (χ3v) is 5.45. The SMILES string of the molecule is Cc1c(OCc2cccc(-c3ccc(Cl)c(OC=O)c3)c2)ccc(C(=O)CC(C)(C)C)c1O. The van der Waals surface area contributed by atoms with Gasteiger partial charge in [0, 0.05) is 12.0 Å². The maximum Gasteiger partial charge on any atom is 0.298 e. The van der Waals surface area contributed by atoms with Crippen molar-refractivity contribution in [2.75, 3.05) is 0 Å². The van der Waals surface area contributed by atoms with Crippen LogP contribution in [0, 0.1) is 12.3 Å². The van der Waals surface area contributed by atoms with Crippen LogP contribution < -0.4 is 9.47 Å². The van der Waals surface area contributed by atoms with E-state index < -0.39 is 0 Å². The minimum Gasteiger partial charge on any atom is -0.507 e. The molecule has 0 heterocycles. The summed E-state index contributed by atoms with van der Waals surface area (Å²) in [6.07, 6.45) is 0.345. The van der Waals surface area contributed by atoms with Gasteiger partial charge in [0.05, 0.1) is 10.6 Å². The lowest BCUT2D eigenvalue weighted by atomic mass is 9.87. The van der Waals surface area contributed by atoms with E-state index in [4.69, 9.17) is 21.1 Å². The van der Waals surface area contributed by atoms with Crippen LogP contribution in [0.3, 0.4) is 0 Å². The molecule has 0 amide bonds. The quantitative estimate of drug-likeness (QED) is 0.293. The van der Waals surface area contributed by atoms with Gasteiger partial charge in [-0.25, -0.2) is 0 Å². The third kappa shape index (κ3) is 6.14. The summed E-state index contributed by atoms with van der Waals surface area (Å²) in [7, 11) is 0. The van der Waals surface area contributed by atoms with Crippen LogP contribution in [-0.4, -0.2) is 17.4 Å². The zero-order valence-corrected chi connectivity index (χ0v) is 19.9. The molecule has 0 radical (unpaired) electrons. The summed E-state index contributed by atoms with van der Waals surface area (Å²) in [5.41, 5.74) is 3.33. The van der Waals surface area contributed by atoms with Crippen molar-refractivity contribution in [2.24, 2.45) is 5.41 Å². The molecule has 1 N–H and O–H groups in total. The minimum atomic E-state index is -0.165. The number of carbonyl (C=O) groups is 2. The number of phenols is 1. The van der Waals surface area contributed by atoms with Gasteiger partial charge in [0.2, 0.25) is 0 Å². The van der Waals surface area contributed by atoms with Gasteiger partial charge < -0.3 is 14.6 Å². The Morgan fingerprint density at radius 2 is 1.76 bits per heavy atom. The maximum atomic E-state index is 12.5. The molecule has 0 aromatic heterocycles. The molecule has 0 unspecified atom stereocenters. The number of rotatable bonds is 8. The number of ketones is 1. The minimum absolute atomic E-state index is 0.0422. The van der Waals surface area contributed by atoms with Crippen LogP contribution in [0.4, 0.5) is 0 Å². The molecule has 3 rings (SSSR count). The van der Waals surface area contributed by atoms with Gasteiger partial charge in [-0.2, -0.15) is 0 Å². The second-order valence-corrected chi connectivity index (χ2v) is 9.50. The highest BCUT2D eigenvalue weighted by molar-refractivity contribution is 6.32. The number of benzene rings is 3. The average molecular weight is 467 g/mol. The molecule has 0 spiro atoms. The lowest BCUT2D eigenvalue weighted by molar-refractivity contribution is -0.120. The molecule has 5 nitrogen and oxygen atoms in total. The Labute approximate surface area is 198 Å². The largest absolute Gasteiger partial charge is 0.507 e. The topological polar surface area (TPSA) is 72.8 Å². The van der Waals surface area contributed by atoms with Crippen molar-refractivity contribution in [1.29, 1.82) is 0 Å². The number of hydrogen-bond acceptors (Lipinski definition) is 5. The summed E-state index contributed by atoms with van der Waals surface area (Å²) < 4.78 is 10.9. The predicted molar refractivity (Wildman–Crippen MR) is 129 cm³/mol. The number of carbonyl (C=O) groups excluding carboxylic acids is 2. The second kappa shape index (κ2) is 10.1. The van der Waals surface area contributed by atoms with Crippen molar-refractivity contribution < 1.29 is 24.2 Å². The molecule has 172 valence electrons. The molecule has 3 aromatic rings. The van der Waals surface area contributed by atoms with E-state index in [-0.39, 0.29) is 29.3 Å². The molecule has 0 aliphatic heterocycles. The monoisotopic (exact) mass is 466 g/mol. The molecule has 0 bridgehead atoms. The van der Waals surface area contributed by atoms with Crippen LogP contribution in [0.1, 0.15) is 48.7 Å². The van der Waals surface area contributed by atoms with E-state index in [1.54, 1.807) is 31.2 Å². The van der Waals surface area contributed by atoms with E-state index in [0.29, 0.717) is 34.8 Å². The molecule has 0 fully saturated rings. The first-order valence-corrected chi connectivity index (χ1v) is 10.9. The number of ether oxygens (including phenoxy) is 2. The molecule has 0 atom stereocenters. The Morgan fingerprint density at radius 3 is 2.45 bits per heavy atom. The van der Waals surface area contributed by atoms with Gasteiger partial charge >= 0.3 is 0 Å². The molecular formula is C27H27ClO5. The number of Topliss-reactive ketones (excluding diaryl/α,β-unsaturated/α-hetero) is 1. The summed E-state index contributed by atoms with van der Waals surface area (Å²) in [5.74, 6) is 0.666. The first-order chi connectivity index (χ1) is 15.6. The van der Waals surface area contributed by atoms with Gasteiger partial charge in [-0.05, 0) is 59.4 Å². The van der Waals surface area contributed by atoms with Gasteiger partial charge in [-0.3, -0.25) is 9.59 Å². The zero-order valence-electron chi connectivity index (χ0n) is 19.1. The summed E-state index contributed by atoms with van der Waals surface area (Å²) in [6.45, 7) is 8.31. The lowest BCUT2D eigenvalue weighted by Gasteiger charge is -2.18. The standard InChI is InChI=1S/C27H27ClO5/c1-17-24(11-9-21(26(17)31)23(30)14-27(2,3)4)32-15-18-6-5-7-19(12-18)20-8-10-22(28)25(13-20)33-16-29/h5-13,16,31H,14-15H2,1-4H3. The second-order valence-electron chi connectivity index (χ2n) is 9.09. The molecule has 0 saturated heterocycles. The fourth-order valence-corrected chi connectivity index (χ4v) is 3.63. The van der Waals surface area contributed by atoms with Crippen molar-refractivity contribution in [3.05, 3.63) is 76.3 Å². The van der Waals surface area contributed by atoms with E-state index in [0.717, 1.165) is 16.7 Å². The molecule has 6 heteroatoms. The van der Waals surface area contributed by atoms with E-state index in [2.05, 4.69) is 0 Å². The molecular weight excluding hydrogens is 440 g/mol. The van der Waals surface area contributed by atoms with Crippen LogP contribution in [0.15, 0.2) is 54.6 Å². The Morgan fingerprint density at radius 1 is 1.03 bits per heavy atom. The van der Waals surface area contributed by atoms with Crippen LogP contribution >= 0.6 is 11.6 Å². The van der Waals surface area contributed by atoms with E-state index >= 15 is 0 Å². The highest BCUT2D eigenvalue weighted by Gasteiger charge is 2.21. The van der Waals surface area contributed by atoms with E-state index in [1.165, 1.54) is 0 Å². The number of aromatic hydroxyl groups is 1. The molecule has 33 heavy (non-hydrogen) atoms. The smallest absolute Gasteiger partial charge is 0.298 e.